The first kappa shape index (κ1) is 21.3. The number of amides is 1. The minimum absolute atomic E-state index is 0.115. The van der Waals surface area contributed by atoms with Gasteiger partial charge in [-0.25, -0.2) is 8.42 Å². The van der Waals surface area contributed by atoms with Crippen molar-refractivity contribution >= 4 is 15.9 Å². The average Bonchev–Trinajstić information content (AvgIpc) is 2.63. The number of piperidine rings is 1. The quantitative estimate of drug-likeness (QED) is 0.767. The van der Waals surface area contributed by atoms with Gasteiger partial charge in [-0.1, -0.05) is 19.9 Å². The van der Waals surface area contributed by atoms with Crippen LogP contribution in [0.5, 0.6) is 0 Å². The summed E-state index contributed by atoms with van der Waals surface area (Å²) in [5, 5.41) is 0. The zero-order valence-corrected chi connectivity index (χ0v) is 18.3. The number of nitrogens with zero attached hydrogens (tertiary/aromatic N) is 3. The summed E-state index contributed by atoms with van der Waals surface area (Å²) in [4.78, 5) is 17.1. The Kier molecular flexibility index (Phi) is 6.47. The van der Waals surface area contributed by atoms with E-state index in [4.69, 9.17) is 0 Å². The first-order chi connectivity index (χ1) is 13.2. The van der Waals surface area contributed by atoms with Gasteiger partial charge in [0, 0.05) is 39.3 Å². The number of aryl methyl sites for hydroxylation is 2. The van der Waals surface area contributed by atoms with Crippen LogP contribution in [0.25, 0.3) is 0 Å². The molecule has 28 heavy (non-hydrogen) atoms. The van der Waals surface area contributed by atoms with E-state index in [1.54, 1.807) is 12.1 Å². The van der Waals surface area contributed by atoms with Crippen LogP contribution >= 0.6 is 0 Å². The summed E-state index contributed by atoms with van der Waals surface area (Å²) in [6, 6.07) is 5.26. The van der Waals surface area contributed by atoms with E-state index in [9.17, 15) is 13.2 Å². The number of carbonyl (C=O) groups is 1. The maximum Gasteiger partial charge on any atom is 0.243 e. The molecule has 0 radical (unpaired) electrons. The second-order valence-electron chi connectivity index (χ2n) is 8.67. The van der Waals surface area contributed by atoms with Crippen molar-refractivity contribution < 1.29 is 13.2 Å². The molecule has 2 saturated heterocycles. The number of carbonyl (C=O) groups excluding carboxylic acids is 1. The van der Waals surface area contributed by atoms with E-state index in [2.05, 4.69) is 18.7 Å². The van der Waals surface area contributed by atoms with E-state index in [1.807, 2.05) is 24.8 Å². The summed E-state index contributed by atoms with van der Waals surface area (Å²) >= 11 is 0. The normalized spacial score (nSPS) is 25.1. The predicted molar refractivity (Wildman–Crippen MR) is 111 cm³/mol. The van der Waals surface area contributed by atoms with Crippen molar-refractivity contribution in [1.29, 1.82) is 0 Å². The minimum Gasteiger partial charge on any atom is -0.339 e. The zero-order valence-electron chi connectivity index (χ0n) is 17.5. The monoisotopic (exact) mass is 407 g/mol. The van der Waals surface area contributed by atoms with Gasteiger partial charge in [-0.3, -0.25) is 9.69 Å². The Hall–Kier alpha value is -1.44. The second kappa shape index (κ2) is 8.51. The average molecular weight is 408 g/mol. The Morgan fingerprint density at radius 2 is 1.61 bits per heavy atom. The smallest absolute Gasteiger partial charge is 0.243 e. The molecular weight excluding hydrogens is 374 g/mol. The molecule has 0 aliphatic carbocycles. The molecule has 0 unspecified atom stereocenters. The second-order valence-corrected chi connectivity index (χ2v) is 10.6. The molecule has 1 aromatic carbocycles. The topological polar surface area (TPSA) is 60.9 Å². The van der Waals surface area contributed by atoms with Crippen LogP contribution in [-0.2, 0) is 14.8 Å². The third kappa shape index (κ3) is 4.75. The van der Waals surface area contributed by atoms with E-state index in [0.717, 1.165) is 24.2 Å². The van der Waals surface area contributed by atoms with Gasteiger partial charge in [-0.2, -0.15) is 4.31 Å². The van der Waals surface area contributed by atoms with Crippen LogP contribution in [0.4, 0.5) is 0 Å². The summed E-state index contributed by atoms with van der Waals surface area (Å²) in [5.41, 5.74) is 2.05. The standard InChI is InChI=1S/C21H33N3O3S/c1-16-11-17(2)14-22(13-16)15-21(25)23-7-9-24(10-8-23)28(26,27)20-6-5-18(3)19(4)12-20/h5-6,12,16-17H,7-11,13-15H2,1-4H3/t16-,17-/m1/s1. The van der Waals surface area contributed by atoms with Crippen molar-refractivity contribution in [1.82, 2.24) is 14.1 Å². The highest BCUT2D eigenvalue weighted by molar-refractivity contribution is 7.89. The molecule has 2 aliphatic rings. The van der Waals surface area contributed by atoms with Gasteiger partial charge in [-0.05, 0) is 55.4 Å². The third-order valence-corrected chi connectivity index (χ3v) is 7.91. The van der Waals surface area contributed by atoms with Gasteiger partial charge in [0.25, 0.3) is 0 Å². The van der Waals surface area contributed by atoms with E-state index in [0.29, 0.717) is 49.5 Å². The van der Waals surface area contributed by atoms with Gasteiger partial charge in [0.05, 0.1) is 11.4 Å². The van der Waals surface area contributed by atoms with Gasteiger partial charge in [0.1, 0.15) is 0 Å². The fraction of sp³-hybridized carbons (Fsp3) is 0.667. The van der Waals surface area contributed by atoms with Crippen molar-refractivity contribution in [2.24, 2.45) is 11.8 Å². The lowest BCUT2D eigenvalue weighted by molar-refractivity contribution is -0.134. The molecule has 6 nitrogen and oxygen atoms in total. The maximum atomic E-state index is 12.9. The Morgan fingerprint density at radius 1 is 1.00 bits per heavy atom. The molecule has 0 aromatic heterocycles. The molecule has 7 heteroatoms. The molecule has 1 amide bonds. The minimum atomic E-state index is -3.51. The van der Waals surface area contributed by atoms with Crippen LogP contribution in [0, 0.1) is 25.7 Å². The van der Waals surface area contributed by atoms with Crippen molar-refractivity contribution in [3.8, 4) is 0 Å². The summed E-state index contributed by atoms with van der Waals surface area (Å²) in [7, 11) is -3.51. The van der Waals surface area contributed by atoms with Gasteiger partial charge in [0.2, 0.25) is 15.9 Å². The van der Waals surface area contributed by atoms with Crippen LogP contribution in [0.15, 0.2) is 23.1 Å². The third-order valence-electron chi connectivity index (χ3n) is 6.01. The number of hydrogen-bond donors (Lipinski definition) is 0. The van der Waals surface area contributed by atoms with E-state index in [1.165, 1.54) is 10.7 Å². The largest absolute Gasteiger partial charge is 0.339 e. The molecule has 2 fully saturated rings. The number of likely N-dealkylation sites (tertiary alicyclic amines) is 1. The summed E-state index contributed by atoms with van der Waals surface area (Å²) in [6.07, 6.45) is 1.22. The zero-order chi connectivity index (χ0) is 20.5. The van der Waals surface area contributed by atoms with E-state index >= 15 is 0 Å². The molecule has 3 rings (SSSR count). The van der Waals surface area contributed by atoms with Crippen LogP contribution in [0.3, 0.4) is 0 Å². The SMILES string of the molecule is Cc1ccc(S(=O)(=O)N2CCN(C(=O)CN3C[C@H](C)C[C@@H](C)C3)CC2)cc1C. The molecule has 0 spiro atoms. The number of rotatable bonds is 4. The van der Waals surface area contributed by atoms with Crippen LogP contribution < -0.4 is 0 Å². The molecule has 0 bridgehead atoms. The lowest BCUT2D eigenvalue weighted by Crippen LogP contribution is -2.53. The molecule has 0 N–H and O–H groups in total. The molecule has 1 aromatic rings. The van der Waals surface area contributed by atoms with Crippen molar-refractivity contribution in [2.75, 3.05) is 45.8 Å². The van der Waals surface area contributed by atoms with Crippen molar-refractivity contribution in [3.05, 3.63) is 29.3 Å². The highest BCUT2D eigenvalue weighted by Gasteiger charge is 2.31. The lowest BCUT2D eigenvalue weighted by atomic mass is 9.92. The number of sulfonamides is 1. The van der Waals surface area contributed by atoms with Gasteiger partial charge < -0.3 is 4.90 Å². The molecule has 2 aliphatic heterocycles. The number of piperazine rings is 1. The summed E-state index contributed by atoms with van der Waals surface area (Å²) < 4.78 is 27.4. The predicted octanol–water partition coefficient (Wildman–Crippen LogP) is 2.11. The fourth-order valence-electron chi connectivity index (χ4n) is 4.41. The van der Waals surface area contributed by atoms with Gasteiger partial charge in [0.15, 0.2) is 0 Å². The maximum absolute atomic E-state index is 12.9. The Morgan fingerprint density at radius 3 is 2.18 bits per heavy atom. The van der Waals surface area contributed by atoms with Crippen molar-refractivity contribution in [3.63, 3.8) is 0 Å². The first-order valence-electron chi connectivity index (χ1n) is 10.2. The van der Waals surface area contributed by atoms with Crippen LogP contribution in [0.2, 0.25) is 0 Å². The fourth-order valence-corrected chi connectivity index (χ4v) is 5.92. The Bertz CT molecular complexity index is 806. The summed E-state index contributed by atoms with van der Waals surface area (Å²) in [6.45, 7) is 12.4. The van der Waals surface area contributed by atoms with Crippen LogP contribution in [0.1, 0.15) is 31.4 Å². The Labute approximate surface area is 169 Å². The summed E-state index contributed by atoms with van der Waals surface area (Å²) in [5.74, 6) is 1.36. The van der Waals surface area contributed by atoms with E-state index in [-0.39, 0.29) is 5.91 Å². The van der Waals surface area contributed by atoms with Crippen LogP contribution in [-0.4, -0.2) is 74.2 Å². The molecule has 156 valence electrons. The lowest BCUT2D eigenvalue weighted by Gasteiger charge is -2.38. The molecule has 0 saturated carbocycles. The highest BCUT2D eigenvalue weighted by atomic mass is 32.2. The molecule has 2 heterocycles. The Balaban J connectivity index is 1.57. The molecular formula is C21H33N3O3S. The first-order valence-corrected chi connectivity index (χ1v) is 11.7. The van der Waals surface area contributed by atoms with E-state index < -0.39 is 10.0 Å². The highest BCUT2D eigenvalue weighted by Crippen LogP contribution is 2.22. The number of hydrogen-bond acceptors (Lipinski definition) is 4. The van der Waals surface area contributed by atoms with Gasteiger partial charge >= 0.3 is 0 Å². The van der Waals surface area contributed by atoms with Crippen molar-refractivity contribution in [2.45, 2.75) is 39.0 Å². The molecule has 2 atom stereocenters. The number of benzene rings is 1. The van der Waals surface area contributed by atoms with Gasteiger partial charge in [-0.15, -0.1) is 0 Å².